The monoisotopic (exact) mass is 588 g/mol. The van der Waals surface area contributed by atoms with E-state index in [4.69, 9.17) is 0 Å². The molecule has 0 amide bonds. The van der Waals surface area contributed by atoms with Crippen LogP contribution in [-0.4, -0.2) is 16.1 Å². The summed E-state index contributed by atoms with van der Waals surface area (Å²) in [4.78, 5) is 0. The van der Waals surface area contributed by atoms with Crippen LogP contribution in [0.5, 0.6) is 0 Å². The minimum atomic E-state index is -1.49. The van der Waals surface area contributed by atoms with Crippen LogP contribution in [0, 0.1) is 46.6 Å². The largest absolute Gasteiger partial charge is 0.129 e. The van der Waals surface area contributed by atoms with Gasteiger partial charge in [-0.1, -0.05) is 111 Å². The van der Waals surface area contributed by atoms with Gasteiger partial charge in [0.05, 0.1) is 5.41 Å². The zero-order valence-electron chi connectivity index (χ0n) is 26.7. The van der Waals surface area contributed by atoms with Crippen molar-refractivity contribution in [3.05, 3.63) is 142 Å². The maximum absolute atomic E-state index is 3.51. The highest BCUT2D eigenvalue weighted by Gasteiger charge is 2.38. The fourth-order valence-electron chi connectivity index (χ4n) is 5.02. The summed E-state index contributed by atoms with van der Waals surface area (Å²) in [5.41, 5.74) is 15.2. The van der Waals surface area contributed by atoms with Crippen LogP contribution in [0.4, 0.5) is 0 Å². The molecule has 4 aromatic carbocycles. The molecule has 0 unspecified atom stereocenters. The topological polar surface area (TPSA) is 0 Å². The Morgan fingerprint density at radius 3 is 0.814 bits per heavy atom. The van der Waals surface area contributed by atoms with Crippen LogP contribution in [0.1, 0.15) is 58.4 Å². The van der Waals surface area contributed by atoms with Crippen LogP contribution < -0.4 is 0 Å². The normalized spacial score (nSPS) is 11.0. The van der Waals surface area contributed by atoms with E-state index in [2.05, 4.69) is 183 Å². The lowest BCUT2D eigenvalue weighted by atomic mass is 9.65. The molecule has 0 aliphatic heterocycles. The Hall–Kier alpha value is -4.45. The predicted octanol–water partition coefficient (Wildman–Crippen LogP) is 9.27. The van der Waals surface area contributed by atoms with Crippen molar-refractivity contribution >= 4 is 16.1 Å². The van der Waals surface area contributed by atoms with Crippen molar-refractivity contribution in [2.24, 2.45) is 0 Å². The molecule has 0 aliphatic carbocycles. The predicted molar refractivity (Wildman–Crippen MR) is 190 cm³/mol. The van der Waals surface area contributed by atoms with Gasteiger partial charge in [0, 0.05) is 22.3 Å². The second kappa shape index (κ2) is 13.2. The van der Waals surface area contributed by atoms with Gasteiger partial charge < -0.3 is 0 Å². The van der Waals surface area contributed by atoms with Crippen LogP contribution in [0.15, 0.2) is 97.1 Å². The Balaban J connectivity index is 2.02. The highest BCUT2D eigenvalue weighted by Crippen LogP contribution is 2.45. The lowest BCUT2D eigenvalue weighted by molar-refractivity contribution is 0.744. The maximum atomic E-state index is 3.51. The number of hydrogen-bond acceptors (Lipinski definition) is 0. The van der Waals surface area contributed by atoms with Crippen molar-refractivity contribution in [3.8, 4) is 46.6 Å². The van der Waals surface area contributed by atoms with Gasteiger partial charge in [-0.15, -0.1) is 22.9 Å². The maximum Gasteiger partial charge on any atom is 0.129 e. The SMILES string of the molecule is CC#Cc1ccc(C(c2ccc(C#CC)cc2)(c2ccc(C#C[Si](C)(C)C)cc2)c2ccc(C#C[Si](C)(C)C)cc2)cc1. The molecule has 0 saturated heterocycles. The summed E-state index contributed by atoms with van der Waals surface area (Å²) >= 11 is 0. The fraction of sp³-hybridized carbons (Fsp3) is 0.220. The first kappa shape index (κ1) is 31.5. The third-order valence-corrected chi connectivity index (χ3v) is 8.72. The summed E-state index contributed by atoms with van der Waals surface area (Å²) < 4.78 is 0. The quantitative estimate of drug-likeness (QED) is 0.127. The second-order valence-corrected chi connectivity index (χ2v) is 22.3. The fourth-order valence-corrected chi connectivity index (χ4v) is 6.06. The molecule has 43 heavy (non-hydrogen) atoms. The number of rotatable bonds is 4. The highest BCUT2D eigenvalue weighted by atomic mass is 28.3. The first-order chi connectivity index (χ1) is 20.4. The summed E-state index contributed by atoms with van der Waals surface area (Å²) in [5.74, 6) is 19.3. The molecule has 0 bridgehead atoms. The van der Waals surface area contributed by atoms with Crippen molar-refractivity contribution in [2.45, 2.75) is 58.5 Å². The van der Waals surface area contributed by atoms with Crippen LogP contribution in [0.25, 0.3) is 0 Å². The average molecular weight is 589 g/mol. The zero-order valence-corrected chi connectivity index (χ0v) is 28.7. The molecule has 0 fully saturated rings. The van der Waals surface area contributed by atoms with Crippen molar-refractivity contribution < 1.29 is 0 Å². The van der Waals surface area contributed by atoms with Gasteiger partial charge in [-0.05, 0) is 84.6 Å². The Kier molecular flexibility index (Phi) is 9.70. The van der Waals surface area contributed by atoms with E-state index < -0.39 is 21.6 Å². The van der Waals surface area contributed by atoms with Gasteiger partial charge in [0.1, 0.15) is 16.1 Å². The van der Waals surface area contributed by atoms with Gasteiger partial charge >= 0.3 is 0 Å². The molecule has 0 nitrogen and oxygen atoms in total. The van der Waals surface area contributed by atoms with E-state index in [-0.39, 0.29) is 0 Å². The van der Waals surface area contributed by atoms with Gasteiger partial charge in [0.2, 0.25) is 0 Å². The average Bonchev–Trinajstić information content (AvgIpc) is 2.98. The van der Waals surface area contributed by atoms with Crippen molar-refractivity contribution in [3.63, 3.8) is 0 Å². The molecule has 0 spiro atoms. The van der Waals surface area contributed by atoms with Crippen LogP contribution in [0.3, 0.4) is 0 Å². The van der Waals surface area contributed by atoms with Crippen molar-refractivity contribution in [2.75, 3.05) is 0 Å². The van der Waals surface area contributed by atoms with Crippen LogP contribution in [0.2, 0.25) is 39.3 Å². The van der Waals surface area contributed by atoms with Gasteiger partial charge in [-0.25, -0.2) is 0 Å². The molecular formula is C41H40Si2. The third kappa shape index (κ3) is 7.89. The van der Waals surface area contributed by atoms with Gasteiger partial charge in [0.15, 0.2) is 0 Å². The molecule has 2 heteroatoms. The minimum absolute atomic E-state index is 0.578. The molecule has 0 aromatic heterocycles. The molecule has 0 saturated carbocycles. The number of hydrogen-bond donors (Lipinski definition) is 0. The van der Waals surface area contributed by atoms with Crippen LogP contribution >= 0.6 is 0 Å². The Morgan fingerprint density at radius 2 is 0.605 bits per heavy atom. The molecule has 4 aromatic rings. The van der Waals surface area contributed by atoms with Crippen molar-refractivity contribution in [1.29, 1.82) is 0 Å². The van der Waals surface area contributed by atoms with Crippen LogP contribution in [-0.2, 0) is 5.41 Å². The van der Waals surface area contributed by atoms with E-state index in [1.807, 2.05) is 13.8 Å². The third-order valence-electron chi connectivity index (χ3n) is 6.97. The summed E-state index contributed by atoms with van der Waals surface area (Å²) in [6, 6.07) is 35.0. The summed E-state index contributed by atoms with van der Waals surface area (Å²) in [6.45, 7) is 17.4. The lowest BCUT2D eigenvalue weighted by Gasteiger charge is -2.37. The first-order valence-electron chi connectivity index (χ1n) is 14.8. The van der Waals surface area contributed by atoms with E-state index >= 15 is 0 Å². The minimum Gasteiger partial charge on any atom is -0.127 e. The standard InChI is InChI=1S/C41H40Si2/c1-9-11-33-13-21-37(22-14-33)41(38-23-15-34(12-10-2)16-24-38,39-25-17-35(18-26-39)29-31-42(3,4)5)40-27-19-36(20-28-40)30-32-43(6,7)8/h13-28H,1-8H3. The summed E-state index contributed by atoms with van der Waals surface area (Å²) in [5, 5.41) is 0. The summed E-state index contributed by atoms with van der Waals surface area (Å²) in [7, 11) is -2.98. The zero-order chi connectivity index (χ0) is 31.1. The highest BCUT2D eigenvalue weighted by molar-refractivity contribution is 6.84. The van der Waals surface area contributed by atoms with E-state index in [0.29, 0.717) is 0 Å². The molecule has 212 valence electrons. The molecule has 0 aliphatic rings. The molecule has 4 rings (SSSR count). The molecular weight excluding hydrogens is 549 g/mol. The van der Waals surface area contributed by atoms with Gasteiger partial charge in [-0.3, -0.25) is 0 Å². The van der Waals surface area contributed by atoms with Crippen molar-refractivity contribution in [1.82, 2.24) is 0 Å². The van der Waals surface area contributed by atoms with Gasteiger partial charge in [0.25, 0.3) is 0 Å². The second-order valence-electron chi connectivity index (χ2n) is 12.8. The van der Waals surface area contributed by atoms with E-state index in [1.165, 1.54) is 22.3 Å². The molecule has 0 radical (unpaired) electrons. The van der Waals surface area contributed by atoms with E-state index in [9.17, 15) is 0 Å². The smallest absolute Gasteiger partial charge is 0.127 e. The van der Waals surface area contributed by atoms with E-state index in [1.54, 1.807) is 0 Å². The number of benzene rings is 4. The molecule has 0 atom stereocenters. The Bertz CT molecular complexity index is 1670. The van der Waals surface area contributed by atoms with E-state index in [0.717, 1.165) is 22.3 Å². The molecule has 0 N–H and O–H groups in total. The Labute approximate surface area is 262 Å². The Morgan fingerprint density at radius 1 is 0.372 bits per heavy atom. The molecule has 0 heterocycles. The lowest BCUT2D eigenvalue weighted by Crippen LogP contribution is -2.31. The van der Waals surface area contributed by atoms with Gasteiger partial charge in [-0.2, -0.15) is 0 Å². The first-order valence-corrected chi connectivity index (χ1v) is 21.8. The summed E-state index contributed by atoms with van der Waals surface area (Å²) in [6.07, 6.45) is 0.